The molecule has 0 radical (unpaired) electrons. The van der Waals surface area contributed by atoms with E-state index in [2.05, 4.69) is 31.3 Å². The van der Waals surface area contributed by atoms with Gasteiger partial charge in [0.15, 0.2) is 0 Å². The first-order chi connectivity index (χ1) is 9.89. The zero-order valence-electron chi connectivity index (χ0n) is 13.9. The lowest BCUT2D eigenvalue weighted by atomic mass is 9.87. The van der Waals surface area contributed by atoms with Crippen molar-refractivity contribution >= 4 is 20.6 Å². The second kappa shape index (κ2) is 6.09. The minimum absolute atomic E-state index is 0.0369. The van der Waals surface area contributed by atoms with E-state index in [4.69, 9.17) is 5.26 Å². The monoisotopic (exact) mass is 321 g/mol. The molecule has 0 amide bonds. The highest BCUT2D eigenvalue weighted by Crippen LogP contribution is 2.23. The van der Waals surface area contributed by atoms with Crippen molar-refractivity contribution in [1.82, 2.24) is 0 Å². The summed E-state index contributed by atoms with van der Waals surface area (Å²) < 4.78 is 23.3. The Morgan fingerprint density at radius 3 is 1.95 bits per heavy atom. The van der Waals surface area contributed by atoms with Gasteiger partial charge in [-0.05, 0) is 43.9 Å². The Balaban J connectivity index is 3.03. The highest BCUT2D eigenvalue weighted by atomic mass is 32.2. The second-order valence-electron chi connectivity index (χ2n) is 7.08. The van der Waals surface area contributed by atoms with Crippen molar-refractivity contribution in [3.05, 3.63) is 29.8 Å². The van der Waals surface area contributed by atoms with Gasteiger partial charge >= 0.3 is 0 Å². The minimum atomic E-state index is -3.76. The van der Waals surface area contributed by atoms with Crippen LogP contribution in [0.5, 0.6) is 0 Å². The molecule has 0 aliphatic carbocycles. The van der Waals surface area contributed by atoms with Crippen LogP contribution < -0.4 is 5.43 Å². The van der Waals surface area contributed by atoms with Gasteiger partial charge in [0, 0.05) is 0 Å². The normalized spacial score (nSPS) is 13.6. The van der Waals surface area contributed by atoms with E-state index in [9.17, 15) is 8.42 Å². The van der Waals surface area contributed by atoms with Crippen LogP contribution in [0.4, 0.5) is 5.69 Å². The summed E-state index contributed by atoms with van der Waals surface area (Å²) in [5, 5.41) is 12.3. The molecular weight excluding hydrogens is 298 g/mol. The standard InChI is InChI=1S/C16H23N3O2S/c1-15(2,3)12-7-9-13(10-8-12)18-19-14(11-17)22(20,21)16(4,5)6/h7-10,18H,1-6H3/b19-14+. The summed E-state index contributed by atoms with van der Waals surface area (Å²) in [6.07, 6.45) is 0. The van der Waals surface area contributed by atoms with Gasteiger partial charge in [0.1, 0.15) is 6.07 Å². The number of anilines is 1. The van der Waals surface area contributed by atoms with Gasteiger partial charge in [-0.25, -0.2) is 8.42 Å². The number of benzene rings is 1. The third-order valence-corrected chi connectivity index (χ3v) is 5.50. The van der Waals surface area contributed by atoms with Crippen LogP contribution in [0.1, 0.15) is 47.1 Å². The maximum atomic E-state index is 12.2. The van der Waals surface area contributed by atoms with E-state index in [0.717, 1.165) is 5.56 Å². The van der Waals surface area contributed by atoms with Crippen LogP contribution in [-0.4, -0.2) is 18.2 Å². The molecule has 22 heavy (non-hydrogen) atoms. The SMILES string of the molecule is CC(C)(C)c1ccc(N/N=C(\C#N)S(=O)(=O)C(C)(C)C)cc1. The number of nitrogens with one attached hydrogen (secondary N) is 1. The van der Waals surface area contributed by atoms with Crippen molar-refractivity contribution in [2.45, 2.75) is 51.7 Å². The molecular formula is C16H23N3O2S. The number of hydrogen-bond donors (Lipinski definition) is 1. The first-order valence-corrected chi connectivity index (χ1v) is 8.47. The molecule has 0 bridgehead atoms. The van der Waals surface area contributed by atoms with Crippen LogP contribution in [0.25, 0.3) is 0 Å². The lowest BCUT2D eigenvalue weighted by molar-refractivity contribution is 0.573. The van der Waals surface area contributed by atoms with Crippen molar-refractivity contribution in [3.8, 4) is 6.07 Å². The Morgan fingerprint density at radius 1 is 1.09 bits per heavy atom. The Kier molecular flexibility index (Phi) is 5.03. The molecule has 0 heterocycles. The highest BCUT2D eigenvalue weighted by molar-refractivity contribution is 8.08. The van der Waals surface area contributed by atoms with E-state index < -0.39 is 19.6 Å². The topological polar surface area (TPSA) is 82.3 Å². The summed E-state index contributed by atoms with van der Waals surface area (Å²) in [5.74, 6) is 0. The van der Waals surface area contributed by atoms with E-state index in [1.165, 1.54) is 20.8 Å². The Labute approximate surface area is 133 Å². The van der Waals surface area contributed by atoms with Crippen LogP contribution in [0.3, 0.4) is 0 Å². The quantitative estimate of drug-likeness (QED) is 0.514. The molecule has 1 N–H and O–H groups in total. The molecule has 0 unspecified atom stereocenters. The number of sulfone groups is 1. The van der Waals surface area contributed by atoms with Gasteiger partial charge in [0.05, 0.1) is 10.4 Å². The average Bonchev–Trinajstić information content (AvgIpc) is 2.37. The van der Waals surface area contributed by atoms with Crippen LogP contribution in [-0.2, 0) is 15.3 Å². The van der Waals surface area contributed by atoms with Crippen molar-refractivity contribution in [2.24, 2.45) is 5.10 Å². The summed E-state index contributed by atoms with van der Waals surface area (Å²) >= 11 is 0. The lowest BCUT2D eigenvalue weighted by Crippen LogP contribution is -2.34. The maximum absolute atomic E-state index is 12.2. The molecule has 0 spiro atoms. The van der Waals surface area contributed by atoms with Gasteiger partial charge < -0.3 is 0 Å². The molecule has 0 aliphatic heterocycles. The molecule has 5 nitrogen and oxygen atoms in total. The van der Waals surface area contributed by atoms with Crippen LogP contribution in [0.2, 0.25) is 0 Å². The second-order valence-corrected chi connectivity index (χ2v) is 9.70. The number of hydrazone groups is 1. The van der Waals surface area contributed by atoms with Gasteiger partial charge in [-0.15, -0.1) is 0 Å². The van der Waals surface area contributed by atoms with Crippen molar-refractivity contribution in [3.63, 3.8) is 0 Å². The fourth-order valence-corrected chi connectivity index (χ4v) is 2.46. The van der Waals surface area contributed by atoms with Crippen molar-refractivity contribution < 1.29 is 8.42 Å². The van der Waals surface area contributed by atoms with Crippen molar-refractivity contribution in [2.75, 3.05) is 5.43 Å². The molecule has 1 rings (SSSR count). The molecule has 0 saturated carbocycles. The van der Waals surface area contributed by atoms with Crippen LogP contribution in [0.15, 0.2) is 29.4 Å². The number of nitrogens with zero attached hydrogens (tertiary/aromatic N) is 2. The average molecular weight is 321 g/mol. The number of hydrogen-bond acceptors (Lipinski definition) is 5. The molecule has 1 aromatic carbocycles. The lowest BCUT2D eigenvalue weighted by Gasteiger charge is -2.19. The maximum Gasteiger partial charge on any atom is 0.252 e. The zero-order valence-corrected chi connectivity index (χ0v) is 14.7. The molecule has 1 aromatic rings. The van der Waals surface area contributed by atoms with Crippen LogP contribution in [0, 0.1) is 11.3 Å². The predicted octanol–water partition coefficient (Wildman–Crippen LogP) is 3.45. The molecule has 0 fully saturated rings. The summed E-state index contributed by atoms with van der Waals surface area (Å²) in [6, 6.07) is 9.16. The van der Waals surface area contributed by atoms with Gasteiger partial charge in [0.25, 0.3) is 5.04 Å². The predicted molar refractivity (Wildman–Crippen MR) is 90.5 cm³/mol. The van der Waals surface area contributed by atoms with Gasteiger partial charge in [-0.3, -0.25) is 5.43 Å². The fraction of sp³-hybridized carbons (Fsp3) is 0.500. The first kappa shape index (κ1) is 18.2. The Bertz CT molecular complexity index is 698. The number of rotatable bonds is 2. The van der Waals surface area contributed by atoms with E-state index in [1.807, 2.05) is 24.3 Å². The van der Waals surface area contributed by atoms with Gasteiger partial charge in [-0.2, -0.15) is 10.4 Å². The van der Waals surface area contributed by atoms with E-state index in [-0.39, 0.29) is 5.41 Å². The smallest absolute Gasteiger partial charge is 0.252 e. The van der Waals surface area contributed by atoms with E-state index >= 15 is 0 Å². The summed E-state index contributed by atoms with van der Waals surface area (Å²) in [4.78, 5) is 0. The molecule has 0 aliphatic rings. The first-order valence-electron chi connectivity index (χ1n) is 6.98. The van der Waals surface area contributed by atoms with Crippen LogP contribution >= 0.6 is 0 Å². The number of nitriles is 1. The minimum Gasteiger partial charge on any atom is -0.277 e. The molecule has 0 saturated heterocycles. The highest BCUT2D eigenvalue weighted by Gasteiger charge is 2.34. The third-order valence-electron chi connectivity index (χ3n) is 3.19. The largest absolute Gasteiger partial charge is 0.277 e. The summed E-state index contributed by atoms with van der Waals surface area (Å²) in [7, 11) is -3.76. The Morgan fingerprint density at radius 2 is 1.59 bits per heavy atom. The fourth-order valence-electron chi connectivity index (χ4n) is 1.60. The Hall–Kier alpha value is -1.87. The molecule has 120 valence electrons. The van der Waals surface area contributed by atoms with Gasteiger partial charge in [0.2, 0.25) is 9.84 Å². The summed E-state index contributed by atoms with van der Waals surface area (Å²) in [5.41, 5.74) is 4.46. The van der Waals surface area contributed by atoms with Gasteiger partial charge in [-0.1, -0.05) is 32.9 Å². The summed E-state index contributed by atoms with van der Waals surface area (Å²) in [6.45, 7) is 10.9. The van der Waals surface area contributed by atoms with E-state index in [0.29, 0.717) is 5.69 Å². The third kappa shape index (κ3) is 4.08. The van der Waals surface area contributed by atoms with E-state index in [1.54, 1.807) is 6.07 Å². The molecule has 6 heteroatoms. The molecule has 0 atom stereocenters. The molecule has 0 aromatic heterocycles. The zero-order chi connectivity index (χ0) is 17.2. The van der Waals surface area contributed by atoms with Crippen molar-refractivity contribution in [1.29, 1.82) is 5.26 Å².